The molecule has 3 rings (SSSR count). The van der Waals surface area contributed by atoms with Crippen molar-refractivity contribution in [1.82, 2.24) is 4.98 Å². The average molecular weight is 409 g/mol. The Balaban J connectivity index is 1.76. The molecule has 0 radical (unpaired) electrons. The van der Waals surface area contributed by atoms with Gasteiger partial charge in [0.2, 0.25) is 5.78 Å². The van der Waals surface area contributed by atoms with Crippen molar-refractivity contribution in [2.45, 2.75) is 33.8 Å². The van der Waals surface area contributed by atoms with Crippen LogP contribution in [-0.2, 0) is 4.74 Å². The molecule has 30 heavy (non-hydrogen) atoms. The van der Waals surface area contributed by atoms with Crippen LogP contribution in [0.3, 0.4) is 0 Å². The monoisotopic (exact) mass is 409 g/mol. The fourth-order valence-electron chi connectivity index (χ4n) is 3.25. The molecule has 0 bridgehead atoms. The number of nitrogens with one attached hydrogen (secondary N) is 1. The molecule has 6 heteroatoms. The number of Topliss-reactive ketones (excluding diaryl/α,β-unsaturated/α-hetero) is 1. The number of aromatic amines is 1. The lowest BCUT2D eigenvalue weighted by Crippen LogP contribution is -2.25. The van der Waals surface area contributed by atoms with Gasteiger partial charge < -0.3 is 19.2 Å². The van der Waals surface area contributed by atoms with Gasteiger partial charge in [-0.2, -0.15) is 0 Å². The summed E-state index contributed by atoms with van der Waals surface area (Å²) in [4.78, 5) is 28.8. The van der Waals surface area contributed by atoms with Crippen molar-refractivity contribution in [3.63, 3.8) is 0 Å². The Bertz CT molecular complexity index is 1070. The standard InChI is InChI=1S/C24H27NO5/c1-14(2)13-29-20-11-10-17(12-21(20)28-5)24(27)30-16(4)23(26)22-15(3)25-19-9-7-6-8-18(19)22/h6-12,14,16,25H,13H2,1-5H3/t16-/m1/s1. The Morgan fingerprint density at radius 1 is 1.03 bits per heavy atom. The van der Waals surface area contributed by atoms with Gasteiger partial charge in [0.15, 0.2) is 17.6 Å². The number of para-hydroxylation sites is 1. The second-order valence-corrected chi connectivity index (χ2v) is 7.65. The van der Waals surface area contributed by atoms with E-state index in [2.05, 4.69) is 4.98 Å². The summed E-state index contributed by atoms with van der Waals surface area (Å²) >= 11 is 0. The van der Waals surface area contributed by atoms with Crippen molar-refractivity contribution in [2.24, 2.45) is 5.92 Å². The topological polar surface area (TPSA) is 77.6 Å². The van der Waals surface area contributed by atoms with Crippen LogP contribution in [0.4, 0.5) is 0 Å². The average Bonchev–Trinajstić information content (AvgIpc) is 3.06. The Labute approximate surface area is 176 Å². The summed E-state index contributed by atoms with van der Waals surface area (Å²) in [5.41, 5.74) is 2.45. The number of carbonyl (C=O) groups excluding carboxylic acids is 2. The van der Waals surface area contributed by atoms with Gasteiger partial charge in [0.05, 0.1) is 19.3 Å². The van der Waals surface area contributed by atoms with Gasteiger partial charge in [0.25, 0.3) is 0 Å². The van der Waals surface area contributed by atoms with E-state index in [0.717, 1.165) is 16.6 Å². The second-order valence-electron chi connectivity index (χ2n) is 7.65. The van der Waals surface area contributed by atoms with E-state index >= 15 is 0 Å². The van der Waals surface area contributed by atoms with Crippen molar-refractivity contribution in [3.05, 3.63) is 59.3 Å². The number of H-pyrrole nitrogens is 1. The number of aryl methyl sites for hydroxylation is 1. The summed E-state index contributed by atoms with van der Waals surface area (Å²) < 4.78 is 16.5. The van der Waals surface area contributed by atoms with Crippen LogP contribution >= 0.6 is 0 Å². The first-order valence-electron chi connectivity index (χ1n) is 9.95. The molecule has 158 valence electrons. The highest BCUT2D eigenvalue weighted by atomic mass is 16.5. The molecule has 0 fully saturated rings. The lowest BCUT2D eigenvalue weighted by molar-refractivity contribution is 0.0318. The molecule has 0 aliphatic heterocycles. The molecular weight excluding hydrogens is 382 g/mol. The maximum absolute atomic E-state index is 13.0. The molecule has 2 aromatic carbocycles. The summed E-state index contributed by atoms with van der Waals surface area (Å²) in [6, 6.07) is 12.4. The first-order chi connectivity index (χ1) is 14.3. The van der Waals surface area contributed by atoms with Gasteiger partial charge >= 0.3 is 5.97 Å². The zero-order chi connectivity index (χ0) is 21.8. The number of ether oxygens (including phenoxy) is 3. The minimum atomic E-state index is -0.932. The van der Waals surface area contributed by atoms with Crippen LogP contribution in [-0.4, -0.2) is 36.6 Å². The van der Waals surface area contributed by atoms with Gasteiger partial charge in [-0.3, -0.25) is 4.79 Å². The molecule has 1 aromatic heterocycles. The first-order valence-corrected chi connectivity index (χ1v) is 9.95. The molecule has 1 N–H and O–H groups in total. The molecule has 0 spiro atoms. The number of hydrogen-bond acceptors (Lipinski definition) is 5. The highest BCUT2D eigenvalue weighted by Crippen LogP contribution is 2.29. The van der Waals surface area contributed by atoms with Gasteiger partial charge in [-0.05, 0) is 44.0 Å². The van der Waals surface area contributed by atoms with E-state index < -0.39 is 12.1 Å². The summed E-state index contributed by atoms with van der Waals surface area (Å²) in [6.45, 7) is 8.05. The Morgan fingerprint density at radius 2 is 1.77 bits per heavy atom. The molecule has 0 saturated heterocycles. The van der Waals surface area contributed by atoms with Crippen LogP contribution in [0.25, 0.3) is 10.9 Å². The van der Waals surface area contributed by atoms with Crippen molar-refractivity contribution >= 4 is 22.7 Å². The molecule has 1 atom stereocenters. The maximum atomic E-state index is 13.0. The van der Waals surface area contributed by atoms with Gasteiger partial charge in [0.1, 0.15) is 0 Å². The number of hydrogen-bond donors (Lipinski definition) is 1. The number of methoxy groups -OCH3 is 1. The fourth-order valence-corrected chi connectivity index (χ4v) is 3.25. The second kappa shape index (κ2) is 9.03. The molecule has 0 unspecified atom stereocenters. The number of aromatic nitrogens is 1. The Kier molecular flexibility index (Phi) is 6.45. The molecule has 0 amide bonds. The minimum absolute atomic E-state index is 0.248. The fraction of sp³-hybridized carbons (Fsp3) is 0.333. The van der Waals surface area contributed by atoms with Crippen LogP contribution in [0.2, 0.25) is 0 Å². The van der Waals surface area contributed by atoms with E-state index in [4.69, 9.17) is 14.2 Å². The lowest BCUT2D eigenvalue weighted by Gasteiger charge is -2.15. The number of carbonyl (C=O) groups is 2. The molecule has 0 saturated carbocycles. The van der Waals surface area contributed by atoms with Crippen LogP contribution < -0.4 is 9.47 Å². The molecule has 0 aliphatic rings. The molecule has 0 aliphatic carbocycles. The predicted octanol–water partition coefficient (Wildman–Crippen LogP) is 4.95. The van der Waals surface area contributed by atoms with Crippen LogP contribution in [0, 0.1) is 12.8 Å². The van der Waals surface area contributed by atoms with Crippen molar-refractivity contribution in [2.75, 3.05) is 13.7 Å². The Hall–Kier alpha value is -3.28. The van der Waals surface area contributed by atoms with E-state index in [1.54, 1.807) is 25.1 Å². The number of rotatable bonds is 8. The van der Waals surface area contributed by atoms with E-state index in [1.165, 1.54) is 7.11 Å². The molecular formula is C24H27NO5. The zero-order valence-corrected chi connectivity index (χ0v) is 17.9. The maximum Gasteiger partial charge on any atom is 0.338 e. The van der Waals surface area contributed by atoms with Crippen LogP contribution in [0.15, 0.2) is 42.5 Å². The SMILES string of the molecule is COc1cc(C(=O)O[C@H](C)C(=O)c2c(C)[nH]c3ccccc23)ccc1OCC(C)C. The first kappa shape index (κ1) is 21.4. The summed E-state index contributed by atoms with van der Waals surface area (Å²) in [6.07, 6.45) is -0.932. The van der Waals surface area contributed by atoms with E-state index in [-0.39, 0.29) is 5.78 Å². The van der Waals surface area contributed by atoms with E-state index in [1.807, 2.05) is 45.0 Å². The lowest BCUT2D eigenvalue weighted by atomic mass is 10.0. The van der Waals surface area contributed by atoms with Gasteiger partial charge in [-0.25, -0.2) is 4.79 Å². The highest BCUT2D eigenvalue weighted by molar-refractivity contribution is 6.11. The third-order valence-electron chi connectivity index (χ3n) is 4.76. The third kappa shape index (κ3) is 4.48. The van der Waals surface area contributed by atoms with E-state index in [0.29, 0.717) is 35.2 Å². The number of fused-ring (bicyclic) bond motifs is 1. The minimum Gasteiger partial charge on any atom is -0.493 e. The molecule has 1 heterocycles. The van der Waals surface area contributed by atoms with Gasteiger partial charge in [0, 0.05) is 22.2 Å². The summed E-state index contributed by atoms with van der Waals surface area (Å²) in [5.74, 6) is 0.515. The van der Waals surface area contributed by atoms with Crippen molar-refractivity contribution in [1.29, 1.82) is 0 Å². The number of ketones is 1. The van der Waals surface area contributed by atoms with Crippen LogP contribution in [0.5, 0.6) is 11.5 Å². The smallest absolute Gasteiger partial charge is 0.338 e. The zero-order valence-electron chi connectivity index (χ0n) is 17.9. The molecule has 6 nitrogen and oxygen atoms in total. The highest BCUT2D eigenvalue weighted by Gasteiger charge is 2.25. The molecule has 3 aromatic rings. The largest absolute Gasteiger partial charge is 0.493 e. The van der Waals surface area contributed by atoms with Crippen LogP contribution in [0.1, 0.15) is 47.2 Å². The summed E-state index contributed by atoms with van der Waals surface area (Å²) in [7, 11) is 1.51. The Morgan fingerprint density at radius 3 is 2.47 bits per heavy atom. The quantitative estimate of drug-likeness (QED) is 0.421. The normalized spacial score (nSPS) is 12.1. The predicted molar refractivity (Wildman–Crippen MR) is 116 cm³/mol. The van der Waals surface area contributed by atoms with Crippen molar-refractivity contribution in [3.8, 4) is 11.5 Å². The number of esters is 1. The third-order valence-corrected chi connectivity index (χ3v) is 4.76. The summed E-state index contributed by atoms with van der Waals surface area (Å²) in [5, 5.41) is 0.816. The number of benzene rings is 2. The van der Waals surface area contributed by atoms with Crippen molar-refractivity contribution < 1.29 is 23.8 Å². The van der Waals surface area contributed by atoms with Gasteiger partial charge in [-0.1, -0.05) is 32.0 Å². The van der Waals surface area contributed by atoms with Gasteiger partial charge in [-0.15, -0.1) is 0 Å². The van der Waals surface area contributed by atoms with E-state index in [9.17, 15) is 9.59 Å².